The Hall–Kier alpha value is -3.80. The number of benzene rings is 2. The van der Waals surface area contributed by atoms with Crippen LogP contribution < -0.4 is 11.1 Å². The van der Waals surface area contributed by atoms with Crippen LogP contribution in [0.3, 0.4) is 0 Å². The number of likely N-dealkylation sites (N-methyl/N-ethyl adjacent to an activating group) is 1. The van der Waals surface area contributed by atoms with Gasteiger partial charge in [-0.25, -0.2) is 8.78 Å². The van der Waals surface area contributed by atoms with Gasteiger partial charge in [-0.2, -0.15) is 0 Å². The first-order chi connectivity index (χ1) is 18.8. The fourth-order valence-electron chi connectivity index (χ4n) is 5.81. The van der Waals surface area contributed by atoms with Gasteiger partial charge in [0, 0.05) is 35.2 Å². The van der Waals surface area contributed by atoms with Crippen molar-refractivity contribution < 1.29 is 28.0 Å². The van der Waals surface area contributed by atoms with E-state index in [1.54, 1.807) is 18.2 Å². The van der Waals surface area contributed by atoms with Gasteiger partial charge in [-0.1, -0.05) is 29.8 Å². The maximum absolute atomic E-state index is 14.3. The van der Waals surface area contributed by atoms with Crippen LogP contribution in [-0.2, 0) is 19.8 Å². The van der Waals surface area contributed by atoms with Crippen molar-refractivity contribution in [2.75, 3.05) is 18.9 Å². The lowest BCUT2D eigenvalue weighted by molar-refractivity contribution is -0.141. The van der Waals surface area contributed by atoms with Crippen molar-refractivity contribution in [3.8, 4) is 0 Å². The summed E-state index contributed by atoms with van der Waals surface area (Å²) in [6.45, 7) is 3.67. The van der Waals surface area contributed by atoms with E-state index < -0.39 is 46.9 Å². The lowest BCUT2D eigenvalue weighted by atomic mass is 9.79. The second-order valence-corrected chi connectivity index (χ2v) is 11.8. The topological polar surface area (TPSA) is 129 Å². The van der Waals surface area contributed by atoms with Crippen LogP contribution in [0.5, 0.6) is 0 Å². The van der Waals surface area contributed by atoms with Crippen LogP contribution in [0.15, 0.2) is 40.9 Å². The smallest absolute Gasteiger partial charge is 0.270 e. The van der Waals surface area contributed by atoms with Crippen molar-refractivity contribution in [2.45, 2.75) is 44.2 Å². The Morgan fingerprint density at radius 1 is 1.20 bits per heavy atom. The van der Waals surface area contributed by atoms with Gasteiger partial charge in [-0.15, -0.1) is 0 Å². The molecule has 0 unspecified atom stereocenters. The van der Waals surface area contributed by atoms with Crippen LogP contribution in [0.25, 0.3) is 10.9 Å². The zero-order chi connectivity index (χ0) is 29.1. The van der Waals surface area contributed by atoms with Gasteiger partial charge in [0.25, 0.3) is 5.91 Å². The van der Waals surface area contributed by atoms with E-state index in [1.807, 2.05) is 13.8 Å². The summed E-state index contributed by atoms with van der Waals surface area (Å²) in [6.07, 6.45) is 0.246. The van der Waals surface area contributed by atoms with Crippen molar-refractivity contribution in [3.05, 3.63) is 63.8 Å². The fourth-order valence-corrected chi connectivity index (χ4v) is 6.17. The van der Waals surface area contributed by atoms with Crippen molar-refractivity contribution in [1.82, 2.24) is 14.8 Å². The Labute approximate surface area is 237 Å². The molecule has 3 atom stereocenters. The Morgan fingerprint density at radius 3 is 2.60 bits per heavy atom. The van der Waals surface area contributed by atoms with Gasteiger partial charge in [-0.3, -0.25) is 19.2 Å². The predicted octanol–water partition coefficient (Wildman–Crippen LogP) is 3.67. The molecule has 4 amide bonds. The summed E-state index contributed by atoms with van der Waals surface area (Å²) in [4.78, 5) is 58.8. The molecular weight excluding hydrogens is 588 g/mol. The molecule has 0 aliphatic carbocycles. The third-order valence-corrected chi connectivity index (χ3v) is 8.29. The number of hydrogen-bond donors (Lipinski definition) is 3. The molecule has 2 aliphatic heterocycles. The molecule has 40 heavy (non-hydrogen) atoms. The number of nitrogens with one attached hydrogen (secondary N) is 2. The van der Waals surface area contributed by atoms with Crippen LogP contribution in [0.1, 0.15) is 42.7 Å². The molecule has 0 saturated carbocycles. The van der Waals surface area contributed by atoms with Gasteiger partial charge < -0.3 is 25.8 Å². The van der Waals surface area contributed by atoms with E-state index in [1.165, 1.54) is 22.9 Å². The average molecular weight is 616 g/mol. The van der Waals surface area contributed by atoms with Crippen molar-refractivity contribution in [3.63, 3.8) is 0 Å². The maximum atomic E-state index is 14.3. The van der Waals surface area contributed by atoms with Gasteiger partial charge in [0.05, 0.1) is 10.9 Å². The molecule has 2 aromatic carbocycles. The first kappa shape index (κ1) is 27.8. The van der Waals surface area contributed by atoms with E-state index in [4.69, 9.17) is 5.73 Å². The van der Waals surface area contributed by atoms with E-state index in [2.05, 4.69) is 26.2 Å². The van der Waals surface area contributed by atoms with E-state index in [9.17, 15) is 28.0 Å². The molecule has 2 aliphatic rings. The minimum absolute atomic E-state index is 0.00226. The average Bonchev–Trinajstić information content (AvgIpc) is 3.57. The number of H-pyrrole nitrogens is 1. The van der Waals surface area contributed by atoms with Gasteiger partial charge in [-0.05, 0) is 54.7 Å². The number of anilines is 1. The standard InChI is InChI=1S/C28H28BrF2N5O4/c1-13(2)6-22(35(3)25(38)21-10-16-18(31)8-15(30)9-20(16)33-21)26(39)36-12-28(11-23(36)24(32)37)17-7-14(29)4-5-19(17)34-27(28)40/h4-5,7-10,13,22-23,33H,6,11-12H2,1-3H3,(H2,32,37)(H,34,40)/t22-,23-,28-/m0/s1. The summed E-state index contributed by atoms with van der Waals surface area (Å²) in [5.41, 5.74) is 5.90. The van der Waals surface area contributed by atoms with E-state index in [-0.39, 0.29) is 47.8 Å². The number of carbonyl (C=O) groups excluding carboxylic acids is 4. The number of primary amides is 1. The summed E-state index contributed by atoms with van der Waals surface area (Å²) < 4.78 is 28.7. The molecule has 1 spiro atoms. The molecule has 5 rings (SSSR count). The number of nitrogens with two attached hydrogens (primary N) is 1. The lowest BCUT2D eigenvalue weighted by Gasteiger charge is -2.33. The normalized spacial score (nSPS) is 20.7. The first-order valence-corrected chi connectivity index (χ1v) is 13.6. The number of rotatable bonds is 6. The third kappa shape index (κ3) is 4.53. The van der Waals surface area contributed by atoms with Crippen LogP contribution in [0.4, 0.5) is 14.5 Å². The summed E-state index contributed by atoms with van der Waals surface area (Å²) in [5, 5.41) is 2.88. The molecular formula is C28H28BrF2N5O4. The summed E-state index contributed by atoms with van der Waals surface area (Å²) >= 11 is 3.43. The Morgan fingerprint density at radius 2 is 1.93 bits per heavy atom. The van der Waals surface area contributed by atoms with Crippen molar-refractivity contribution in [1.29, 1.82) is 0 Å². The Bertz CT molecular complexity index is 1570. The number of amides is 4. The summed E-state index contributed by atoms with van der Waals surface area (Å²) in [6, 6.07) is 6.30. The SMILES string of the molecule is CC(C)C[C@@H](C(=O)N1C[C@]2(C[C@H]1C(N)=O)C(=O)Nc1ccc(Br)cc12)N(C)C(=O)c1cc2c(F)cc(F)cc2[nH]1. The second-order valence-electron chi connectivity index (χ2n) is 10.9. The third-order valence-electron chi connectivity index (χ3n) is 7.80. The van der Waals surface area contributed by atoms with Crippen molar-refractivity contribution >= 4 is 56.1 Å². The number of aromatic nitrogens is 1. The molecule has 4 N–H and O–H groups in total. The number of likely N-dealkylation sites (tertiary alicyclic amines) is 1. The van der Waals surface area contributed by atoms with Gasteiger partial charge >= 0.3 is 0 Å². The minimum atomic E-state index is -1.18. The lowest BCUT2D eigenvalue weighted by Crippen LogP contribution is -2.54. The Balaban J connectivity index is 1.49. The number of nitrogens with zero attached hydrogens (tertiary/aromatic N) is 2. The fraction of sp³-hybridized carbons (Fsp3) is 0.357. The van der Waals surface area contributed by atoms with Gasteiger partial charge in [0.15, 0.2) is 0 Å². The first-order valence-electron chi connectivity index (χ1n) is 12.8. The number of aromatic amines is 1. The summed E-state index contributed by atoms with van der Waals surface area (Å²) in [7, 11) is 1.44. The van der Waals surface area contributed by atoms with Gasteiger partial charge in [0.2, 0.25) is 17.7 Å². The van der Waals surface area contributed by atoms with Gasteiger partial charge in [0.1, 0.15) is 29.4 Å². The van der Waals surface area contributed by atoms with E-state index >= 15 is 0 Å². The molecule has 9 nitrogen and oxygen atoms in total. The highest BCUT2D eigenvalue weighted by Crippen LogP contribution is 2.47. The highest BCUT2D eigenvalue weighted by molar-refractivity contribution is 9.10. The molecule has 210 valence electrons. The largest absolute Gasteiger partial charge is 0.368 e. The van der Waals surface area contributed by atoms with Crippen molar-refractivity contribution in [2.24, 2.45) is 11.7 Å². The number of halogens is 3. The number of hydrogen-bond acceptors (Lipinski definition) is 4. The molecule has 3 aromatic rings. The highest BCUT2D eigenvalue weighted by atomic mass is 79.9. The molecule has 0 bridgehead atoms. The van der Waals surface area contributed by atoms with Crippen LogP contribution >= 0.6 is 15.9 Å². The van der Waals surface area contributed by atoms with E-state index in [0.717, 1.165) is 16.6 Å². The van der Waals surface area contributed by atoms with Crippen LogP contribution in [0.2, 0.25) is 0 Å². The molecule has 0 radical (unpaired) electrons. The predicted molar refractivity (Wildman–Crippen MR) is 147 cm³/mol. The zero-order valence-corrected chi connectivity index (χ0v) is 23.6. The van der Waals surface area contributed by atoms with Crippen LogP contribution in [0, 0.1) is 17.6 Å². The quantitative estimate of drug-likeness (QED) is 0.391. The molecule has 1 aromatic heterocycles. The molecule has 1 fully saturated rings. The molecule has 3 heterocycles. The number of carbonyl (C=O) groups is 4. The monoisotopic (exact) mass is 615 g/mol. The summed E-state index contributed by atoms with van der Waals surface area (Å²) in [5.74, 6) is -3.89. The highest BCUT2D eigenvalue weighted by Gasteiger charge is 2.58. The van der Waals surface area contributed by atoms with Crippen LogP contribution in [-0.4, -0.2) is 64.1 Å². The minimum Gasteiger partial charge on any atom is -0.368 e. The number of fused-ring (bicyclic) bond motifs is 3. The second kappa shape index (κ2) is 9.99. The van der Waals surface area contributed by atoms with E-state index in [0.29, 0.717) is 11.3 Å². The molecule has 12 heteroatoms. The molecule has 1 saturated heterocycles. The maximum Gasteiger partial charge on any atom is 0.270 e. The Kier molecular flexibility index (Phi) is 6.93. The zero-order valence-electron chi connectivity index (χ0n) is 22.1.